The van der Waals surface area contributed by atoms with Crippen LogP contribution in [0.4, 0.5) is 4.39 Å². The molecule has 0 aliphatic carbocycles. The Balaban J connectivity index is 2.83. The fraction of sp³-hybridized carbons (Fsp3) is 0.533. The molecule has 1 aromatic rings. The zero-order chi connectivity index (χ0) is 13.6. The summed E-state index contributed by atoms with van der Waals surface area (Å²) in [6.45, 7) is 8.98. The molecule has 0 aromatic carbocycles. The second-order valence-electron chi connectivity index (χ2n) is 5.26. The number of aromatic nitrogens is 1. The van der Waals surface area contributed by atoms with Crippen LogP contribution < -0.4 is 5.32 Å². The zero-order valence-electron chi connectivity index (χ0n) is 11.5. The van der Waals surface area contributed by atoms with Crippen molar-refractivity contribution in [3.05, 3.63) is 29.8 Å². The van der Waals surface area contributed by atoms with Gasteiger partial charge in [-0.05, 0) is 33.4 Å². The Morgan fingerprint density at radius 2 is 2.17 bits per heavy atom. The fourth-order valence-corrected chi connectivity index (χ4v) is 1.63. The highest BCUT2D eigenvalue weighted by Crippen LogP contribution is 2.19. The lowest BCUT2D eigenvalue weighted by Crippen LogP contribution is -2.21. The van der Waals surface area contributed by atoms with Gasteiger partial charge in [-0.3, -0.25) is 4.98 Å². The van der Waals surface area contributed by atoms with Crippen LogP contribution in [0, 0.1) is 23.1 Å². The van der Waals surface area contributed by atoms with Crippen LogP contribution >= 0.6 is 0 Å². The molecule has 1 atom stereocenters. The maximum atomic E-state index is 13.7. The van der Waals surface area contributed by atoms with Gasteiger partial charge in [-0.25, -0.2) is 4.39 Å². The van der Waals surface area contributed by atoms with Gasteiger partial charge < -0.3 is 5.32 Å². The Labute approximate surface area is 109 Å². The topological polar surface area (TPSA) is 24.9 Å². The minimum absolute atomic E-state index is 0.0203. The third-order valence-corrected chi connectivity index (χ3v) is 2.40. The van der Waals surface area contributed by atoms with Crippen LogP contribution in [0.5, 0.6) is 0 Å². The molecule has 3 heteroatoms. The summed E-state index contributed by atoms with van der Waals surface area (Å²) in [5, 5.41) is 3.26. The van der Waals surface area contributed by atoms with Crippen LogP contribution in [-0.2, 0) is 0 Å². The van der Waals surface area contributed by atoms with Gasteiger partial charge in [-0.15, -0.1) is 5.92 Å². The number of hydrogen-bond donors (Lipinski definition) is 1. The summed E-state index contributed by atoms with van der Waals surface area (Å²) in [6.07, 6.45) is 3.46. The largest absolute Gasteiger partial charge is 0.309 e. The molecule has 0 spiro atoms. The first-order valence-electron chi connectivity index (χ1n) is 6.27. The number of rotatable bonds is 4. The number of hydrogen-bond acceptors (Lipinski definition) is 2. The Hall–Kier alpha value is -1.40. The summed E-state index contributed by atoms with van der Waals surface area (Å²) in [5.74, 6) is 6.03. The van der Waals surface area contributed by atoms with Gasteiger partial charge in [0.2, 0.25) is 0 Å². The van der Waals surface area contributed by atoms with Gasteiger partial charge in [0, 0.05) is 29.6 Å². The highest BCUT2D eigenvalue weighted by Gasteiger charge is 2.13. The van der Waals surface area contributed by atoms with Crippen molar-refractivity contribution in [2.75, 3.05) is 6.54 Å². The molecule has 0 aliphatic rings. The van der Waals surface area contributed by atoms with Gasteiger partial charge in [0.1, 0.15) is 5.82 Å². The van der Waals surface area contributed by atoms with Gasteiger partial charge in [0.15, 0.2) is 0 Å². The highest BCUT2D eigenvalue weighted by molar-refractivity contribution is 5.20. The second kappa shape index (κ2) is 6.51. The molecule has 0 amide bonds. The number of halogens is 1. The average molecular weight is 248 g/mol. The lowest BCUT2D eigenvalue weighted by Gasteiger charge is -2.16. The summed E-state index contributed by atoms with van der Waals surface area (Å²) in [7, 11) is 0. The van der Waals surface area contributed by atoms with Gasteiger partial charge >= 0.3 is 0 Å². The first-order valence-corrected chi connectivity index (χ1v) is 6.27. The van der Waals surface area contributed by atoms with Crippen molar-refractivity contribution in [3.63, 3.8) is 0 Å². The first-order chi connectivity index (χ1) is 8.44. The molecule has 0 fully saturated rings. The summed E-state index contributed by atoms with van der Waals surface area (Å²) in [5.41, 5.74) is 0.614. The van der Waals surface area contributed by atoms with Gasteiger partial charge in [0.25, 0.3) is 0 Å². The van der Waals surface area contributed by atoms with Gasteiger partial charge in [-0.1, -0.05) is 12.8 Å². The van der Waals surface area contributed by atoms with E-state index in [2.05, 4.69) is 42.9 Å². The molecule has 1 N–H and O–H groups in total. The van der Waals surface area contributed by atoms with Crippen LogP contribution in [-0.4, -0.2) is 11.5 Å². The Morgan fingerprint density at radius 1 is 1.44 bits per heavy atom. The molecule has 1 aromatic heterocycles. The van der Waals surface area contributed by atoms with E-state index in [-0.39, 0.29) is 17.3 Å². The maximum Gasteiger partial charge on any atom is 0.146 e. The molecule has 1 rings (SSSR count). The fourth-order valence-electron chi connectivity index (χ4n) is 1.63. The van der Waals surface area contributed by atoms with Crippen LogP contribution in [0.25, 0.3) is 0 Å². The van der Waals surface area contributed by atoms with Gasteiger partial charge in [-0.2, -0.15) is 0 Å². The van der Waals surface area contributed by atoms with E-state index in [1.807, 2.05) is 6.92 Å². The van der Waals surface area contributed by atoms with Crippen molar-refractivity contribution in [1.82, 2.24) is 10.3 Å². The minimum atomic E-state index is -0.277. The lowest BCUT2D eigenvalue weighted by atomic mass is 9.97. The summed E-state index contributed by atoms with van der Waals surface area (Å²) >= 11 is 0. The molecule has 0 saturated heterocycles. The third-order valence-electron chi connectivity index (χ3n) is 2.40. The van der Waals surface area contributed by atoms with Crippen molar-refractivity contribution >= 4 is 0 Å². The monoisotopic (exact) mass is 248 g/mol. The molecule has 2 nitrogen and oxygen atoms in total. The van der Waals surface area contributed by atoms with E-state index in [0.29, 0.717) is 12.0 Å². The van der Waals surface area contributed by atoms with E-state index >= 15 is 0 Å². The summed E-state index contributed by atoms with van der Waals surface area (Å²) < 4.78 is 13.7. The first kappa shape index (κ1) is 14.7. The lowest BCUT2D eigenvalue weighted by molar-refractivity contribution is 0.515. The summed E-state index contributed by atoms with van der Waals surface area (Å²) in [4.78, 5) is 3.77. The van der Waals surface area contributed by atoms with Crippen molar-refractivity contribution < 1.29 is 4.39 Å². The number of pyridine rings is 1. The molecule has 0 aliphatic heterocycles. The second-order valence-corrected chi connectivity index (χ2v) is 5.26. The Bertz CT molecular complexity index is 438. The molecular weight excluding hydrogens is 227 g/mol. The third kappa shape index (κ3) is 4.85. The van der Waals surface area contributed by atoms with Crippen molar-refractivity contribution in [1.29, 1.82) is 0 Å². The molecule has 0 saturated carbocycles. The molecule has 18 heavy (non-hydrogen) atoms. The van der Waals surface area contributed by atoms with Crippen LogP contribution in [0.2, 0.25) is 0 Å². The Morgan fingerprint density at radius 3 is 2.72 bits per heavy atom. The quantitative estimate of drug-likeness (QED) is 0.827. The SMILES string of the molecule is CCNC(CC#CC(C)(C)C)c1ccncc1F. The molecule has 0 radical (unpaired) electrons. The predicted octanol–water partition coefficient (Wildman–Crippen LogP) is 3.31. The normalized spacial score (nSPS) is 12.7. The van der Waals surface area contributed by atoms with E-state index in [4.69, 9.17) is 0 Å². The molecule has 0 bridgehead atoms. The predicted molar refractivity (Wildman–Crippen MR) is 72.5 cm³/mol. The standard InChI is InChI=1S/C15H21FN2/c1-5-18-14(7-6-9-15(2,3)4)12-8-10-17-11-13(12)16/h8,10-11,14,18H,5,7H2,1-4H3. The van der Waals surface area contributed by atoms with Crippen LogP contribution in [0.3, 0.4) is 0 Å². The van der Waals surface area contributed by atoms with Crippen LogP contribution in [0.1, 0.15) is 45.7 Å². The summed E-state index contributed by atoms with van der Waals surface area (Å²) in [6, 6.07) is 1.63. The molecule has 1 unspecified atom stereocenters. The van der Waals surface area contributed by atoms with E-state index in [1.54, 1.807) is 12.3 Å². The molecule has 98 valence electrons. The molecular formula is C15H21FN2. The Kier molecular flexibility index (Phi) is 5.30. The minimum Gasteiger partial charge on any atom is -0.309 e. The van der Waals surface area contributed by atoms with E-state index in [0.717, 1.165) is 6.54 Å². The number of nitrogens with zero attached hydrogens (tertiary/aromatic N) is 1. The van der Waals surface area contributed by atoms with Gasteiger partial charge in [0.05, 0.1) is 6.20 Å². The smallest absolute Gasteiger partial charge is 0.146 e. The zero-order valence-corrected chi connectivity index (χ0v) is 11.5. The average Bonchev–Trinajstić information content (AvgIpc) is 2.27. The van der Waals surface area contributed by atoms with Crippen LogP contribution in [0.15, 0.2) is 18.5 Å². The van der Waals surface area contributed by atoms with E-state index in [1.165, 1.54) is 6.20 Å². The van der Waals surface area contributed by atoms with Crippen molar-refractivity contribution in [2.24, 2.45) is 5.41 Å². The highest BCUT2D eigenvalue weighted by atomic mass is 19.1. The van der Waals surface area contributed by atoms with Crippen molar-refractivity contribution in [3.8, 4) is 11.8 Å². The maximum absolute atomic E-state index is 13.7. The van der Waals surface area contributed by atoms with E-state index in [9.17, 15) is 4.39 Å². The number of nitrogens with one attached hydrogen (secondary N) is 1. The molecule has 1 heterocycles. The van der Waals surface area contributed by atoms with E-state index < -0.39 is 0 Å². The van der Waals surface area contributed by atoms with Crippen molar-refractivity contribution in [2.45, 2.75) is 40.2 Å².